The first-order chi connectivity index (χ1) is 11.5. The van der Waals surface area contributed by atoms with E-state index in [1.54, 1.807) is 24.4 Å². The Morgan fingerprint density at radius 2 is 2.12 bits per heavy atom. The van der Waals surface area contributed by atoms with E-state index in [1.165, 1.54) is 12.2 Å². The Morgan fingerprint density at radius 1 is 1.29 bits per heavy atom. The Labute approximate surface area is 140 Å². The van der Waals surface area contributed by atoms with Crippen LogP contribution in [0.2, 0.25) is 0 Å². The second kappa shape index (κ2) is 6.76. The van der Waals surface area contributed by atoms with Crippen LogP contribution in [0.4, 0.5) is 13.9 Å². The number of carbonyl (C=O) groups is 1. The average Bonchev–Trinajstić information content (AvgIpc) is 3.17. The number of anilines is 1. The van der Waals surface area contributed by atoms with Gasteiger partial charge < -0.3 is 4.42 Å². The first-order valence-electron chi connectivity index (χ1n) is 6.98. The Balaban J connectivity index is 1.70. The van der Waals surface area contributed by atoms with E-state index in [2.05, 4.69) is 10.3 Å². The Bertz CT molecular complexity index is 915. The summed E-state index contributed by atoms with van der Waals surface area (Å²) in [5.41, 5.74) is 0.311. The number of benzene rings is 1. The van der Waals surface area contributed by atoms with Crippen LogP contribution in [0.3, 0.4) is 0 Å². The van der Waals surface area contributed by atoms with E-state index in [0.717, 1.165) is 35.3 Å². The topological polar surface area (TPSA) is 55.1 Å². The third-order valence-corrected chi connectivity index (χ3v) is 3.86. The lowest BCUT2D eigenvalue weighted by molar-refractivity contribution is -0.111. The summed E-state index contributed by atoms with van der Waals surface area (Å²) >= 11 is 1.12. The molecule has 3 aromatic rings. The number of furan rings is 1. The average molecular weight is 346 g/mol. The molecule has 0 bridgehead atoms. The first kappa shape index (κ1) is 16.1. The van der Waals surface area contributed by atoms with Crippen LogP contribution in [-0.2, 0) is 4.79 Å². The van der Waals surface area contributed by atoms with Crippen LogP contribution in [0.5, 0.6) is 0 Å². The molecule has 24 heavy (non-hydrogen) atoms. The highest BCUT2D eigenvalue weighted by Crippen LogP contribution is 2.27. The quantitative estimate of drug-likeness (QED) is 0.700. The van der Waals surface area contributed by atoms with E-state index in [4.69, 9.17) is 4.42 Å². The number of hydrogen-bond donors (Lipinski definition) is 1. The van der Waals surface area contributed by atoms with Gasteiger partial charge in [0, 0.05) is 17.0 Å². The van der Waals surface area contributed by atoms with E-state index in [9.17, 15) is 13.6 Å². The summed E-state index contributed by atoms with van der Waals surface area (Å²) in [5, 5.41) is 4.41. The van der Waals surface area contributed by atoms with Crippen molar-refractivity contribution in [2.75, 3.05) is 5.32 Å². The zero-order chi connectivity index (χ0) is 17.1. The molecular formula is C17H12F2N2O2S. The summed E-state index contributed by atoms with van der Waals surface area (Å²) in [4.78, 5) is 16.0. The predicted octanol–water partition coefficient (Wildman–Crippen LogP) is 4.64. The summed E-state index contributed by atoms with van der Waals surface area (Å²) in [6, 6.07) is 6.67. The molecule has 0 aliphatic rings. The van der Waals surface area contributed by atoms with Gasteiger partial charge >= 0.3 is 0 Å². The molecule has 1 N–H and O–H groups in total. The number of aryl methyl sites for hydroxylation is 1. The summed E-state index contributed by atoms with van der Waals surface area (Å²) in [7, 11) is 0. The zero-order valence-corrected chi connectivity index (χ0v) is 13.4. The fourth-order valence-corrected chi connectivity index (χ4v) is 2.71. The van der Waals surface area contributed by atoms with E-state index in [-0.39, 0.29) is 11.3 Å². The van der Waals surface area contributed by atoms with Crippen molar-refractivity contribution in [1.82, 2.24) is 4.98 Å². The van der Waals surface area contributed by atoms with Gasteiger partial charge in [0.25, 0.3) is 0 Å². The minimum atomic E-state index is -0.576. The van der Waals surface area contributed by atoms with Crippen LogP contribution in [0.1, 0.15) is 11.5 Å². The van der Waals surface area contributed by atoms with Gasteiger partial charge in [-0.25, -0.2) is 13.8 Å². The van der Waals surface area contributed by atoms with Crippen molar-refractivity contribution in [1.29, 1.82) is 0 Å². The molecule has 0 saturated heterocycles. The van der Waals surface area contributed by atoms with Gasteiger partial charge in [0.15, 0.2) is 5.13 Å². The van der Waals surface area contributed by atoms with Gasteiger partial charge in [-0.1, -0.05) is 0 Å². The van der Waals surface area contributed by atoms with Crippen molar-refractivity contribution < 1.29 is 18.0 Å². The summed E-state index contributed by atoms with van der Waals surface area (Å²) in [6.07, 6.45) is 2.84. The van der Waals surface area contributed by atoms with Crippen molar-refractivity contribution in [2.24, 2.45) is 0 Å². The fraction of sp³-hybridized carbons (Fsp3) is 0.0588. The molecule has 3 rings (SSSR count). The third-order valence-electron chi connectivity index (χ3n) is 3.10. The van der Waals surface area contributed by atoms with Crippen LogP contribution >= 0.6 is 11.3 Å². The number of carbonyl (C=O) groups excluding carboxylic acids is 1. The van der Waals surface area contributed by atoms with Gasteiger partial charge in [-0.3, -0.25) is 10.1 Å². The van der Waals surface area contributed by atoms with Crippen molar-refractivity contribution in [3.8, 4) is 11.3 Å². The standard InChI is InChI=1S/C17H12F2N2O2S/c1-10-2-4-12(23-10)5-7-16(22)21-17-20-15(9-24-17)13-8-11(18)3-6-14(13)19/h2-9H,1H3,(H,20,21,22)/b7-5+. The van der Waals surface area contributed by atoms with Gasteiger partial charge in [-0.15, -0.1) is 11.3 Å². The number of thiazole rings is 1. The van der Waals surface area contributed by atoms with Gasteiger partial charge in [0.1, 0.15) is 23.2 Å². The summed E-state index contributed by atoms with van der Waals surface area (Å²) in [6.45, 7) is 1.81. The number of rotatable bonds is 4. The van der Waals surface area contributed by atoms with Crippen molar-refractivity contribution in [3.63, 3.8) is 0 Å². The monoisotopic (exact) mass is 346 g/mol. The molecule has 0 atom stereocenters. The first-order valence-corrected chi connectivity index (χ1v) is 7.86. The molecule has 1 amide bonds. The molecule has 4 nitrogen and oxygen atoms in total. The second-order valence-corrected chi connectivity index (χ2v) is 5.79. The van der Waals surface area contributed by atoms with Crippen molar-refractivity contribution in [3.05, 3.63) is 64.9 Å². The molecule has 0 aliphatic heterocycles. The minimum Gasteiger partial charge on any atom is -0.462 e. The van der Waals surface area contributed by atoms with E-state index < -0.39 is 17.5 Å². The SMILES string of the molecule is Cc1ccc(/C=C/C(=O)Nc2nc(-c3cc(F)ccc3F)cs2)o1. The largest absolute Gasteiger partial charge is 0.462 e. The minimum absolute atomic E-state index is 0.0494. The third kappa shape index (κ3) is 3.75. The van der Waals surface area contributed by atoms with Crippen LogP contribution in [-0.4, -0.2) is 10.9 Å². The Hall–Kier alpha value is -2.80. The number of aromatic nitrogens is 1. The van der Waals surface area contributed by atoms with Gasteiger partial charge in [-0.2, -0.15) is 0 Å². The highest BCUT2D eigenvalue weighted by Gasteiger charge is 2.11. The highest BCUT2D eigenvalue weighted by molar-refractivity contribution is 7.14. The normalized spacial score (nSPS) is 11.1. The van der Waals surface area contributed by atoms with E-state index >= 15 is 0 Å². The number of nitrogens with one attached hydrogen (secondary N) is 1. The lowest BCUT2D eigenvalue weighted by atomic mass is 10.1. The van der Waals surface area contributed by atoms with E-state index in [0.29, 0.717) is 10.9 Å². The van der Waals surface area contributed by atoms with Gasteiger partial charge in [0.05, 0.1) is 5.69 Å². The molecule has 0 fully saturated rings. The number of amides is 1. The fourth-order valence-electron chi connectivity index (χ4n) is 2.00. The molecule has 2 aromatic heterocycles. The van der Waals surface area contributed by atoms with Crippen molar-refractivity contribution in [2.45, 2.75) is 6.92 Å². The molecule has 0 aliphatic carbocycles. The summed E-state index contributed by atoms with van der Waals surface area (Å²) in [5.74, 6) is -0.222. The maximum absolute atomic E-state index is 13.7. The number of halogens is 2. The molecule has 7 heteroatoms. The summed E-state index contributed by atoms with van der Waals surface area (Å²) < 4.78 is 32.3. The van der Waals surface area contributed by atoms with Crippen LogP contribution < -0.4 is 5.32 Å². The molecule has 2 heterocycles. The molecular weight excluding hydrogens is 334 g/mol. The maximum atomic E-state index is 13.7. The molecule has 1 aromatic carbocycles. The number of hydrogen-bond acceptors (Lipinski definition) is 4. The zero-order valence-electron chi connectivity index (χ0n) is 12.5. The number of nitrogens with zero attached hydrogens (tertiary/aromatic N) is 1. The molecule has 0 saturated carbocycles. The molecule has 0 radical (unpaired) electrons. The van der Waals surface area contributed by atoms with Crippen LogP contribution in [0.15, 0.2) is 46.2 Å². The molecule has 0 unspecified atom stereocenters. The maximum Gasteiger partial charge on any atom is 0.250 e. The van der Waals surface area contributed by atoms with Gasteiger partial charge in [0.2, 0.25) is 5.91 Å². The van der Waals surface area contributed by atoms with Gasteiger partial charge in [-0.05, 0) is 43.3 Å². The second-order valence-electron chi connectivity index (χ2n) is 4.93. The molecule has 0 spiro atoms. The Kier molecular flexibility index (Phi) is 4.52. The van der Waals surface area contributed by atoms with E-state index in [1.807, 2.05) is 0 Å². The predicted molar refractivity (Wildman–Crippen MR) is 88.6 cm³/mol. The van der Waals surface area contributed by atoms with Crippen LogP contribution in [0, 0.1) is 18.6 Å². The van der Waals surface area contributed by atoms with Crippen LogP contribution in [0.25, 0.3) is 17.3 Å². The lowest BCUT2D eigenvalue weighted by Crippen LogP contribution is -2.07. The smallest absolute Gasteiger partial charge is 0.250 e. The Morgan fingerprint density at radius 3 is 2.88 bits per heavy atom. The van der Waals surface area contributed by atoms with Crippen molar-refractivity contribution >= 4 is 28.5 Å². The highest BCUT2D eigenvalue weighted by atomic mass is 32.1. The lowest BCUT2D eigenvalue weighted by Gasteiger charge is -1.99. The molecule has 122 valence electrons.